The summed E-state index contributed by atoms with van der Waals surface area (Å²) in [5.74, 6) is -1.11. The zero-order valence-corrected chi connectivity index (χ0v) is 9.94. The van der Waals surface area contributed by atoms with Gasteiger partial charge >= 0.3 is 5.97 Å². The van der Waals surface area contributed by atoms with Gasteiger partial charge in [-0.1, -0.05) is 5.21 Å². The molecule has 0 aromatic carbocycles. The van der Waals surface area contributed by atoms with Crippen molar-refractivity contribution in [2.75, 3.05) is 6.54 Å². The van der Waals surface area contributed by atoms with E-state index in [9.17, 15) is 4.79 Å². The Bertz CT molecular complexity index is 558. The van der Waals surface area contributed by atoms with Gasteiger partial charge in [-0.25, -0.2) is 9.48 Å². The number of carboxylic acids is 1. The highest BCUT2D eigenvalue weighted by Gasteiger charge is 2.21. The summed E-state index contributed by atoms with van der Waals surface area (Å²) in [6.07, 6.45) is 3.36. The van der Waals surface area contributed by atoms with Crippen LogP contribution in [0.1, 0.15) is 17.4 Å². The van der Waals surface area contributed by atoms with Crippen LogP contribution in [0.25, 0.3) is 11.3 Å². The number of aromatic carboxylic acids is 1. The van der Waals surface area contributed by atoms with Gasteiger partial charge in [-0.05, 0) is 6.92 Å². The SMILES string of the molecule is CCn1cc(-c2c(C(=O)O)nnn2CCN)cn1. The molecule has 0 spiro atoms. The summed E-state index contributed by atoms with van der Waals surface area (Å²) in [5, 5.41) is 20.7. The molecule has 0 unspecified atom stereocenters. The summed E-state index contributed by atoms with van der Waals surface area (Å²) in [4.78, 5) is 11.1. The monoisotopic (exact) mass is 250 g/mol. The first-order valence-corrected chi connectivity index (χ1v) is 5.57. The maximum absolute atomic E-state index is 11.1. The van der Waals surface area contributed by atoms with Crippen LogP contribution in [-0.4, -0.2) is 42.4 Å². The second kappa shape index (κ2) is 4.96. The number of nitrogens with zero attached hydrogens (tertiary/aromatic N) is 5. The van der Waals surface area contributed by atoms with E-state index >= 15 is 0 Å². The average Bonchev–Trinajstić information content (AvgIpc) is 2.94. The molecule has 2 aromatic rings. The van der Waals surface area contributed by atoms with Crippen LogP contribution >= 0.6 is 0 Å². The molecule has 0 saturated heterocycles. The summed E-state index contributed by atoms with van der Waals surface area (Å²) in [6.45, 7) is 3.43. The van der Waals surface area contributed by atoms with Crippen LogP contribution in [0.3, 0.4) is 0 Å². The molecule has 0 saturated carbocycles. The zero-order valence-electron chi connectivity index (χ0n) is 9.94. The molecule has 2 aromatic heterocycles. The summed E-state index contributed by atoms with van der Waals surface area (Å²) in [5.41, 5.74) is 6.49. The van der Waals surface area contributed by atoms with Crippen LogP contribution in [0.4, 0.5) is 0 Å². The zero-order chi connectivity index (χ0) is 13.1. The van der Waals surface area contributed by atoms with Gasteiger partial charge in [0.15, 0.2) is 5.69 Å². The fourth-order valence-corrected chi connectivity index (χ4v) is 1.68. The summed E-state index contributed by atoms with van der Waals surface area (Å²) >= 11 is 0. The van der Waals surface area contributed by atoms with Crippen LogP contribution in [0, 0.1) is 0 Å². The quantitative estimate of drug-likeness (QED) is 0.761. The molecule has 0 aliphatic carbocycles. The third kappa shape index (κ3) is 2.09. The fourth-order valence-electron chi connectivity index (χ4n) is 1.68. The van der Waals surface area contributed by atoms with Gasteiger partial charge in [0, 0.05) is 24.8 Å². The summed E-state index contributed by atoms with van der Waals surface area (Å²) in [6, 6.07) is 0. The first-order chi connectivity index (χ1) is 8.67. The molecule has 0 aliphatic rings. The van der Waals surface area contributed by atoms with Gasteiger partial charge in [-0.3, -0.25) is 4.68 Å². The average molecular weight is 250 g/mol. The lowest BCUT2D eigenvalue weighted by atomic mass is 10.2. The van der Waals surface area contributed by atoms with Gasteiger partial charge in [0.2, 0.25) is 0 Å². The Morgan fingerprint density at radius 1 is 1.56 bits per heavy atom. The number of rotatable bonds is 5. The normalized spacial score (nSPS) is 10.8. The van der Waals surface area contributed by atoms with E-state index in [1.165, 1.54) is 4.68 Å². The Morgan fingerprint density at radius 2 is 2.33 bits per heavy atom. The fraction of sp³-hybridized carbons (Fsp3) is 0.400. The highest BCUT2D eigenvalue weighted by molar-refractivity contribution is 5.92. The molecule has 0 bridgehead atoms. The lowest BCUT2D eigenvalue weighted by Gasteiger charge is -2.02. The largest absolute Gasteiger partial charge is 0.476 e. The van der Waals surface area contributed by atoms with Crippen molar-refractivity contribution in [1.82, 2.24) is 24.8 Å². The molecular weight excluding hydrogens is 236 g/mol. The van der Waals surface area contributed by atoms with Crippen molar-refractivity contribution in [1.29, 1.82) is 0 Å². The molecule has 8 heteroatoms. The summed E-state index contributed by atoms with van der Waals surface area (Å²) in [7, 11) is 0. The number of hydrogen-bond donors (Lipinski definition) is 2. The molecule has 0 atom stereocenters. The van der Waals surface area contributed by atoms with Crippen molar-refractivity contribution in [3.05, 3.63) is 18.1 Å². The molecule has 0 amide bonds. The highest BCUT2D eigenvalue weighted by atomic mass is 16.4. The highest BCUT2D eigenvalue weighted by Crippen LogP contribution is 2.21. The van der Waals surface area contributed by atoms with Crippen LogP contribution < -0.4 is 5.73 Å². The first kappa shape index (κ1) is 12.2. The predicted molar refractivity (Wildman–Crippen MR) is 62.9 cm³/mol. The smallest absolute Gasteiger partial charge is 0.358 e. The van der Waals surface area contributed by atoms with Gasteiger partial charge in [0.25, 0.3) is 0 Å². The lowest BCUT2D eigenvalue weighted by Crippen LogP contribution is -2.12. The number of nitrogens with two attached hydrogens (primary N) is 1. The number of hydrogen-bond acceptors (Lipinski definition) is 5. The van der Waals surface area contributed by atoms with Gasteiger partial charge in [-0.2, -0.15) is 5.10 Å². The van der Waals surface area contributed by atoms with E-state index in [1.807, 2.05) is 6.92 Å². The van der Waals surface area contributed by atoms with Crippen molar-refractivity contribution >= 4 is 5.97 Å². The molecule has 8 nitrogen and oxygen atoms in total. The van der Waals surface area contributed by atoms with Crippen LogP contribution in [0.5, 0.6) is 0 Å². The lowest BCUT2D eigenvalue weighted by molar-refractivity contribution is 0.0691. The van der Waals surface area contributed by atoms with E-state index in [0.717, 1.165) is 0 Å². The Balaban J connectivity index is 2.51. The van der Waals surface area contributed by atoms with Gasteiger partial charge in [0.05, 0.1) is 12.7 Å². The van der Waals surface area contributed by atoms with Crippen molar-refractivity contribution in [2.24, 2.45) is 5.73 Å². The van der Waals surface area contributed by atoms with Crippen LogP contribution in [0.2, 0.25) is 0 Å². The third-order valence-corrected chi connectivity index (χ3v) is 2.51. The predicted octanol–water partition coefficient (Wildman–Crippen LogP) is -0.182. The minimum atomic E-state index is -1.11. The molecule has 0 aliphatic heterocycles. The van der Waals surface area contributed by atoms with Gasteiger partial charge in [-0.15, -0.1) is 5.10 Å². The van der Waals surface area contributed by atoms with E-state index in [4.69, 9.17) is 10.8 Å². The van der Waals surface area contributed by atoms with E-state index in [-0.39, 0.29) is 5.69 Å². The molecule has 0 radical (unpaired) electrons. The number of carbonyl (C=O) groups is 1. The van der Waals surface area contributed by atoms with Crippen molar-refractivity contribution in [3.63, 3.8) is 0 Å². The maximum Gasteiger partial charge on any atom is 0.358 e. The second-order valence-corrected chi connectivity index (χ2v) is 3.69. The van der Waals surface area contributed by atoms with E-state index < -0.39 is 5.97 Å². The molecular formula is C10H14N6O2. The van der Waals surface area contributed by atoms with E-state index in [0.29, 0.717) is 30.9 Å². The van der Waals surface area contributed by atoms with E-state index in [1.54, 1.807) is 17.1 Å². The van der Waals surface area contributed by atoms with Gasteiger partial charge in [0.1, 0.15) is 5.69 Å². The third-order valence-electron chi connectivity index (χ3n) is 2.51. The Hall–Kier alpha value is -2.22. The molecule has 96 valence electrons. The molecule has 18 heavy (non-hydrogen) atoms. The number of aromatic nitrogens is 5. The first-order valence-electron chi connectivity index (χ1n) is 5.57. The minimum Gasteiger partial charge on any atom is -0.476 e. The minimum absolute atomic E-state index is 0.0842. The second-order valence-electron chi connectivity index (χ2n) is 3.69. The standard InChI is InChI=1S/C10H14N6O2/c1-2-15-6-7(5-12-15)9-8(10(17)18)13-14-16(9)4-3-11/h5-6H,2-4,11H2,1H3,(H,17,18). The van der Waals surface area contributed by atoms with Crippen molar-refractivity contribution < 1.29 is 9.90 Å². The number of aryl methyl sites for hydroxylation is 1. The van der Waals surface area contributed by atoms with Gasteiger partial charge < -0.3 is 10.8 Å². The Labute approximate surface area is 103 Å². The molecule has 0 fully saturated rings. The Morgan fingerprint density at radius 3 is 2.89 bits per heavy atom. The maximum atomic E-state index is 11.1. The molecule has 3 N–H and O–H groups in total. The topological polar surface area (TPSA) is 112 Å². The van der Waals surface area contributed by atoms with Crippen LogP contribution in [-0.2, 0) is 13.1 Å². The van der Waals surface area contributed by atoms with Crippen LogP contribution in [0.15, 0.2) is 12.4 Å². The Kier molecular flexibility index (Phi) is 3.38. The molecule has 2 heterocycles. The van der Waals surface area contributed by atoms with Crippen molar-refractivity contribution in [3.8, 4) is 11.3 Å². The van der Waals surface area contributed by atoms with E-state index in [2.05, 4.69) is 15.4 Å². The summed E-state index contributed by atoms with van der Waals surface area (Å²) < 4.78 is 3.20. The van der Waals surface area contributed by atoms with Crippen molar-refractivity contribution in [2.45, 2.75) is 20.0 Å². The molecule has 2 rings (SSSR count). The number of carboxylic acid groups (broad SMARTS) is 1.